The maximum absolute atomic E-state index is 9.44. The van der Waals surface area contributed by atoms with E-state index in [0.717, 1.165) is 6.42 Å². The third-order valence-corrected chi connectivity index (χ3v) is 1.75. The maximum Gasteiger partial charge on any atom is 0.0704 e. The SMILES string of the molecule is CNC[C@@H](O)Cc1ccccc1. The number of nitrogens with one attached hydrogen (secondary N) is 1. The largest absolute Gasteiger partial charge is 0.391 e. The Morgan fingerprint density at radius 2 is 2.00 bits per heavy atom. The molecule has 0 amide bonds. The molecule has 1 atom stereocenters. The van der Waals surface area contributed by atoms with E-state index >= 15 is 0 Å². The summed E-state index contributed by atoms with van der Waals surface area (Å²) < 4.78 is 0. The average molecular weight is 165 g/mol. The van der Waals surface area contributed by atoms with E-state index in [0.29, 0.717) is 6.54 Å². The van der Waals surface area contributed by atoms with Crippen molar-refractivity contribution in [2.45, 2.75) is 12.5 Å². The highest BCUT2D eigenvalue weighted by Crippen LogP contribution is 2.01. The van der Waals surface area contributed by atoms with Crippen molar-refractivity contribution in [2.75, 3.05) is 13.6 Å². The Morgan fingerprint density at radius 3 is 2.58 bits per heavy atom. The molecule has 0 saturated carbocycles. The zero-order chi connectivity index (χ0) is 8.81. The van der Waals surface area contributed by atoms with Crippen LogP contribution in [-0.4, -0.2) is 24.8 Å². The quantitative estimate of drug-likeness (QED) is 0.692. The van der Waals surface area contributed by atoms with Crippen molar-refractivity contribution in [3.8, 4) is 0 Å². The Kier molecular flexibility index (Phi) is 3.77. The third-order valence-electron chi connectivity index (χ3n) is 1.75. The molecule has 0 heterocycles. The molecule has 2 nitrogen and oxygen atoms in total. The van der Waals surface area contributed by atoms with Gasteiger partial charge < -0.3 is 10.4 Å². The number of likely N-dealkylation sites (N-methyl/N-ethyl adjacent to an activating group) is 1. The molecule has 0 radical (unpaired) electrons. The average Bonchev–Trinajstić information content (AvgIpc) is 2.06. The summed E-state index contributed by atoms with van der Waals surface area (Å²) in [6.07, 6.45) is 0.444. The molecular formula is C10H15NO. The first kappa shape index (κ1) is 9.23. The molecule has 1 rings (SSSR count). The van der Waals surface area contributed by atoms with E-state index in [9.17, 15) is 5.11 Å². The molecule has 2 heteroatoms. The fourth-order valence-corrected chi connectivity index (χ4v) is 1.19. The molecule has 0 aromatic heterocycles. The van der Waals surface area contributed by atoms with Gasteiger partial charge in [-0.05, 0) is 19.0 Å². The van der Waals surface area contributed by atoms with Gasteiger partial charge in [-0.2, -0.15) is 0 Å². The maximum atomic E-state index is 9.44. The lowest BCUT2D eigenvalue weighted by molar-refractivity contribution is 0.175. The summed E-state index contributed by atoms with van der Waals surface area (Å²) in [5.74, 6) is 0. The van der Waals surface area contributed by atoms with Crippen LogP contribution >= 0.6 is 0 Å². The topological polar surface area (TPSA) is 32.3 Å². The second-order valence-electron chi connectivity index (χ2n) is 2.90. The van der Waals surface area contributed by atoms with Crippen molar-refractivity contribution in [2.24, 2.45) is 0 Å². The Balaban J connectivity index is 2.41. The highest BCUT2D eigenvalue weighted by Gasteiger charge is 2.02. The molecule has 66 valence electrons. The number of hydrogen-bond acceptors (Lipinski definition) is 2. The first-order valence-electron chi connectivity index (χ1n) is 4.19. The molecule has 0 bridgehead atoms. The zero-order valence-electron chi connectivity index (χ0n) is 7.33. The highest BCUT2D eigenvalue weighted by molar-refractivity contribution is 5.15. The van der Waals surface area contributed by atoms with E-state index in [4.69, 9.17) is 0 Å². The lowest BCUT2D eigenvalue weighted by Crippen LogP contribution is -2.25. The molecule has 0 saturated heterocycles. The predicted octanol–water partition coefficient (Wildman–Crippen LogP) is 0.809. The Bertz CT molecular complexity index is 210. The van der Waals surface area contributed by atoms with Gasteiger partial charge in [0, 0.05) is 6.54 Å². The predicted molar refractivity (Wildman–Crippen MR) is 50.1 cm³/mol. The van der Waals surface area contributed by atoms with Gasteiger partial charge in [-0.25, -0.2) is 0 Å². The van der Waals surface area contributed by atoms with Gasteiger partial charge in [-0.1, -0.05) is 30.3 Å². The lowest BCUT2D eigenvalue weighted by Gasteiger charge is -2.08. The molecule has 12 heavy (non-hydrogen) atoms. The molecule has 0 aliphatic heterocycles. The minimum absolute atomic E-state index is 0.280. The Hall–Kier alpha value is -0.860. The zero-order valence-corrected chi connectivity index (χ0v) is 7.33. The van der Waals surface area contributed by atoms with E-state index in [1.807, 2.05) is 37.4 Å². The fraction of sp³-hybridized carbons (Fsp3) is 0.400. The molecule has 0 spiro atoms. The van der Waals surface area contributed by atoms with Crippen LogP contribution in [0.4, 0.5) is 0 Å². The van der Waals surface area contributed by atoms with Crippen LogP contribution in [0.1, 0.15) is 5.56 Å². The summed E-state index contributed by atoms with van der Waals surface area (Å²) in [6, 6.07) is 10.0. The van der Waals surface area contributed by atoms with Crippen LogP contribution in [-0.2, 0) is 6.42 Å². The molecule has 1 aromatic rings. The Labute approximate surface area is 73.2 Å². The van der Waals surface area contributed by atoms with Gasteiger partial charge in [0.25, 0.3) is 0 Å². The van der Waals surface area contributed by atoms with Crippen molar-refractivity contribution in [1.82, 2.24) is 5.32 Å². The van der Waals surface area contributed by atoms with Gasteiger partial charge in [-0.3, -0.25) is 0 Å². The van der Waals surface area contributed by atoms with Crippen LogP contribution in [0.15, 0.2) is 30.3 Å². The van der Waals surface area contributed by atoms with Crippen molar-refractivity contribution < 1.29 is 5.11 Å². The summed E-state index contributed by atoms with van der Waals surface area (Å²) in [5.41, 5.74) is 1.18. The molecule has 1 aromatic carbocycles. The first-order valence-corrected chi connectivity index (χ1v) is 4.19. The second-order valence-corrected chi connectivity index (χ2v) is 2.90. The van der Waals surface area contributed by atoms with Crippen LogP contribution in [0.5, 0.6) is 0 Å². The van der Waals surface area contributed by atoms with Crippen LogP contribution in [0.3, 0.4) is 0 Å². The Morgan fingerprint density at radius 1 is 1.33 bits per heavy atom. The van der Waals surface area contributed by atoms with Gasteiger partial charge in [0.05, 0.1) is 6.10 Å². The molecule has 0 aliphatic carbocycles. The molecule has 0 fully saturated rings. The van der Waals surface area contributed by atoms with E-state index in [-0.39, 0.29) is 6.10 Å². The normalized spacial score (nSPS) is 12.8. The summed E-state index contributed by atoms with van der Waals surface area (Å²) in [5, 5.41) is 12.4. The number of aliphatic hydroxyl groups excluding tert-OH is 1. The van der Waals surface area contributed by atoms with E-state index < -0.39 is 0 Å². The second kappa shape index (κ2) is 4.91. The number of hydrogen-bond donors (Lipinski definition) is 2. The lowest BCUT2D eigenvalue weighted by atomic mass is 10.1. The summed E-state index contributed by atoms with van der Waals surface area (Å²) in [6.45, 7) is 0.648. The summed E-state index contributed by atoms with van der Waals surface area (Å²) in [7, 11) is 1.84. The van der Waals surface area contributed by atoms with E-state index in [1.54, 1.807) is 0 Å². The molecule has 2 N–H and O–H groups in total. The van der Waals surface area contributed by atoms with Crippen molar-refractivity contribution in [1.29, 1.82) is 0 Å². The van der Waals surface area contributed by atoms with Gasteiger partial charge in [0.2, 0.25) is 0 Å². The molecule has 0 aliphatic rings. The monoisotopic (exact) mass is 165 g/mol. The third kappa shape index (κ3) is 3.03. The highest BCUT2D eigenvalue weighted by atomic mass is 16.3. The first-order chi connectivity index (χ1) is 5.83. The standard InChI is InChI=1S/C10H15NO/c1-11-8-10(12)7-9-5-3-2-4-6-9/h2-6,10-12H,7-8H2,1H3/t10-/m0/s1. The number of benzene rings is 1. The fourth-order valence-electron chi connectivity index (χ4n) is 1.19. The van der Waals surface area contributed by atoms with Crippen LogP contribution < -0.4 is 5.32 Å². The van der Waals surface area contributed by atoms with Gasteiger partial charge in [0.1, 0.15) is 0 Å². The number of rotatable bonds is 4. The summed E-state index contributed by atoms with van der Waals surface area (Å²) in [4.78, 5) is 0. The minimum atomic E-state index is -0.280. The van der Waals surface area contributed by atoms with Crippen molar-refractivity contribution in [3.63, 3.8) is 0 Å². The van der Waals surface area contributed by atoms with Gasteiger partial charge in [-0.15, -0.1) is 0 Å². The van der Waals surface area contributed by atoms with Crippen LogP contribution in [0, 0.1) is 0 Å². The minimum Gasteiger partial charge on any atom is -0.391 e. The van der Waals surface area contributed by atoms with Gasteiger partial charge in [0.15, 0.2) is 0 Å². The number of aliphatic hydroxyl groups is 1. The molecule has 0 unspecified atom stereocenters. The van der Waals surface area contributed by atoms with Crippen LogP contribution in [0.2, 0.25) is 0 Å². The van der Waals surface area contributed by atoms with Gasteiger partial charge >= 0.3 is 0 Å². The smallest absolute Gasteiger partial charge is 0.0704 e. The van der Waals surface area contributed by atoms with E-state index in [1.165, 1.54) is 5.56 Å². The van der Waals surface area contributed by atoms with Crippen molar-refractivity contribution in [3.05, 3.63) is 35.9 Å². The molecular weight excluding hydrogens is 150 g/mol. The van der Waals surface area contributed by atoms with Crippen molar-refractivity contribution >= 4 is 0 Å². The van der Waals surface area contributed by atoms with Crippen LogP contribution in [0.25, 0.3) is 0 Å². The summed E-state index contributed by atoms with van der Waals surface area (Å²) >= 11 is 0. The van der Waals surface area contributed by atoms with E-state index in [2.05, 4.69) is 5.32 Å².